The first-order valence-corrected chi connectivity index (χ1v) is 8.76. The van der Waals surface area contributed by atoms with Crippen LogP contribution in [-0.4, -0.2) is 31.1 Å². The van der Waals surface area contributed by atoms with Crippen LogP contribution in [0.3, 0.4) is 0 Å². The number of hydrogen-bond donors (Lipinski definition) is 2. The molecule has 2 heterocycles. The van der Waals surface area contributed by atoms with Gasteiger partial charge < -0.3 is 10.3 Å². The predicted octanol–water partition coefficient (Wildman–Crippen LogP) is 3.19. The molecule has 0 radical (unpaired) electrons. The Morgan fingerprint density at radius 2 is 2.00 bits per heavy atom. The maximum Gasteiger partial charge on any atom is 0.240 e. The molecule has 1 unspecified atom stereocenters. The molecule has 0 aliphatic heterocycles. The van der Waals surface area contributed by atoms with Crippen LogP contribution in [0.25, 0.3) is 33.2 Å². The van der Waals surface area contributed by atoms with Crippen molar-refractivity contribution < 1.29 is 4.79 Å². The highest BCUT2D eigenvalue weighted by molar-refractivity contribution is 6.10. The summed E-state index contributed by atoms with van der Waals surface area (Å²) in [7, 11) is 0. The van der Waals surface area contributed by atoms with Crippen LogP contribution in [0.5, 0.6) is 0 Å². The van der Waals surface area contributed by atoms with Crippen LogP contribution in [0.1, 0.15) is 32.2 Å². The normalized spacial score (nSPS) is 12.7. The number of primary amides is 1. The highest BCUT2D eigenvalue weighted by Crippen LogP contribution is 2.35. The molecule has 0 spiro atoms. The van der Waals surface area contributed by atoms with Crippen molar-refractivity contribution in [1.82, 2.24) is 25.2 Å². The molecule has 26 heavy (non-hydrogen) atoms. The second-order valence-electron chi connectivity index (χ2n) is 6.41. The van der Waals surface area contributed by atoms with Gasteiger partial charge in [-0.2, -0.15) is 5.21 Å². The Morgan fingerprint density at radius 3 is 2.73 bits per heavy atom. The van der Waals surface area contributed by atoms with E-state index in [-0.39, 0.29) is 11.9 Å². The summed E-state index contributed by atoms with van der Waals surface area (Å²) < 4.78 is 2.07. The standard InChI is InChI=1S/C19H20N6O/c1-2-3-7-17(18(20)26)25-15-8-5-4-6-13(15)14-11-12(9-10-16(14)25)19-21-23-24-22-19/h4-6,8-11,17H,2-3,7H2,1H3,(H2,20,26)(H,21,22,23,24). The van der Waals surface area contributed by atoms with Gasteiger partial charge in [0.25, 0.3) is 0 Å². The number of benzene rings is 2. The van der Waals surface area contributed by atoms with Gasteiger partial charge in [-0.05, 0) is 35.9 Å². The Labute approximate surface area is 150 Å². The first-order chi connectivity index (χ1) is 12.7. The van der Waals surface area contributed by atoms with E-state index in [1.54, 1.807) is 0 Å². The van der Waals surface area contributed by atoms with Crippen LogP contribution in [0.15, 0.2) is 42.5 Å². The molecule has 7 heteroatoms. The van der Waals surface area contributed by atoms with Crippen LogP contribution in [-0.2, 0) is 4.79 Å². The molecule has 3 N–H and O–H groups in total. The summed E-state index contributed by atoms with van der Waals surface area (Å²) >= 11 is 0. The number of aromatic nitrogens is 5. The summed E-state index contributed by atoms with van der Waals surface area (Å²) in [6, 6.07) is 13.7. The van der Waals surface area contributed by atoms with Crippen molar-refractivity contribution >= 4 is 27.7 Å². The summed E-state index contributed by atoms with van der Waals surface area (Å²) in [6.07, 6.45) is 2.69. The maximum atomic E-state index is 12.2. The lowest BCUT2D eigenvalue weighted by Gasteiger charge is -2.18. The number of nitrogens with zero attached hydrogens (tertiary/aromatic N) is 4. The fourth-order valence-electron chi connectivity index (χ4n) is 3.56. The molecular weight excluding hydrogens is 328 g/mol. The van der Waals surface area contributed by atoms with Gasteiger partial charge in [-0.25, -0.2) is 0 Å². The number of nitrogens with one attached hydrogen (secondary N) is 1. The largest absolute Gasteiger partial charge is 0.368 e. The van der Waals surface area contributed by atoms with Gasteiger partial charge in [-0.1, -0.05) is 38.0 Å². The van der Waals surface area contributed by atoms with Gasteiger partial charge >= 0.3 is 0 Å². The molecule has 7 nitrogen and oxygen atoms in total. The van der Waals surface area contributed by atoms with E-state index in [2.05, 4.69) is 38.2 Å². The molecule has 1 atom stereocenters. The lowest BCUT2D eigenvalue weighted by Crippen LogP contribution is -2.26. The lowest BCUT2D eigenvalue weighted by atomic mass is 10.1. The average Bonchev–Trinajstić information content (AvgIpc) is 3.29. The minimum absolute atomic E-state index is 0.302. The van der Waals surface area contributed by atoms with Crippen molar-refractivity contribution in [1.29, 1.82) is 0 Å². The average molecular weight is 348 g/mol. The monoisotopic (exact) mass is 348 g/mol. The van der Waals surface area contributed by atoms with Gasteiger partial charge in [0.2, 0.25) is 11.7 Å². The number of aromatic amines is 1. The first-order valence-electron chi connectivity index (χ1n) is 8.76. The van der Waals surface area contributed by atoms with Crippen molar-refractivity contribution in [2.75, 3.05) is 0 Å². The Kier molecular flexibility index (Phi) is 4.12. The minimum atomic E-state index is -0.367. The molecule has 1 amide bonds. The number of rotatable bonds is 6. The number of carbonyl (C=O) groups is 1. The van der Waals surface area contributed by atoms with Gasteiger partial charge in [-0.3, -0.25) is 4.79 Å². The molecule has 0 saturated heterocycles. The zero-order valence-corrected chi connectivity index (χ0v) is 14.5. The Morgan fingerprint density at radius 1 is 1.19 bits per heavy atom. The summed E-state index contributed by atoms with van der Waals surface area (Å²) in [5.41, 5.74) is 8.63. The predicted molar refractivity (Wildman–Crippen MR) is 100 cm³/mol. The van der Waals surface area contributed by atoms with E-state index in [1.807, 2.05) is 36.4 Å². The van der Waals surface area contributed by atoms with Crippen LogP contribution < -0.4 is 5.73 Å². The Hall–Kier alpha value is -3.22. The van der Waals surface area contributed by atoms with Gasteiger partial charge in [0.05, 0.1) is 0 Å². The van der Waals surface area contributed by atoms with Gasteiger partial charge in [0.15, 0.2) is 0 Å². The zero-order chi connectivity index (χ0) is 18.1. The van der Waals surface area contributed by atoms with Gasteiger partial charge in [-0.15, -0.1) is 10.2 Å². The molecule has 0 saturated carbocycles. The molecule has 132 valence electrons. The Bertz CT molecular complexity index is 1070. The van der Waals surface area contributed by atoms with E-state index < -0.39 is 0 Å². The Balaban J connectivity index is 1.98. The van der Waals surface area contributed by atoms with Gasteiger partial charge in [0.1, 0.15) is 6.04 Å². The first kappa shape index (κ1) is 16.3. The number of amides is 1. The molecule has 4 aromatic rings. The summed E-state index contributed by atoms with van der Waals surface area (Å²) in [5.74, 6) is 0.240. The van der Waals surface area contributed by atoms with Crippen molar-refractivity contribution in [3.05, 3.63) is 42.5 Å². The maximum absolute atomic E-state index is 12.2. The third kappa shape index (κ3) is 2.61. The topological polar surface area (TPSA) is 102 Å². The number of H-pyrrole nitrogens is 1. The molecule has 0 bridgehead atoms. The van der Waals surface area contributed by atoms with Crippen LogP contribution in [0.4, 0.5) is 0 Å². The molecule has 2 aromatic heterocycles. The number of fused-ring (bicyclic) bond motifs is 3. The number of unbranched alkanes of at least 4 members (excludes halogenated alkanes) is 1. The third-order valence-corrected chi connectivity index (χ3v) is 4.78. The number of para-hydroxylation sites is 1. The summed E-state index contributed by atoms with van der Waals surface area (Å²) in [5, 5.41) is 16.3. The highest BCUT2D eigenvalue weighted by atomic mass is 16.1. The number of hydrogen-bond acceptors (Lipinski definition) is 4. The van der Waals surface area contributed by atoms with Crippen LogP contribution in [0.2, 0.25) is 0 Å². The fourth-order valence-corrected chi connectivity index (χ4v) is 3.56. The number of nitrogens with two attached hydrogens (primary N) is 1. The van der Waals surface area contributed by atoms with Crippen molar-refractivity contribution in [2.45, 2.75) is 32.2 Å². The summed E-state index contributed by atoms with van der Waals surface area (Å²) in [4.78, 5) is 12.2. The van der Waals surface area contributed by atoms with Crippen LogP contribution in [0, 0.1) is 0 Å². The van der Waals surface area contributed by atoms with Crippen molar-refractivity contribution in [2.24, 2.45) is 5.73 Å². The van der Waals surface area contributed by atoms with E-state index in [0.717, 1.165) is 46.6 Å². The van der Waals surface area contributed by atoms with E-state index in [1.165, 1.54) is 0 Å². The van der Waals surface area contributed by atoms with Crippen LogP contribution >= 0.6 is 0 Å². The SMILES string of the molecule is CCCCC(C(N)=O)n1c2ccccc2c2cc(-c3nn[nH]n3)ccc21. The van der Waals surface area contributed by atoms with Crippen molar-refractivity contribution in [3.8, 4) is 11.4 Å². The molecule has 0 aliphatic carbocycles. The molecule has 4 rings (SSSR count). The molecular formula is C19H20N6O. The number of carbonyl (C=O) groups excluding carboxylic acids is 1. The van der Waals surface area contributed by atoms with E-state index in [9.17, 15) is 4.79 Å². The minimum Gasteiger partial charge on any atom is -0.368 e. The van der Waals surface area contributed by atoms with Gasteiger partial charge in [0, 0.05) is 27.4 Å². The second-order valence-corrected chi connectivity index (χ2v) is 6.41. The fraction of sp³-hybridized carbons (Fsp3) is 0.263. The van der Waals surface area contributed by atoms with E-state index in [0.29, 0.717) is 5.82 Å². The quantitative estimate of drug-likeness (QED) is 0.558. The van der Waals surface area contributed by atoms with E-state index >= 15 is 0 Å². The third-order valence-electron chi connectivity index (χ3n) is 4.78. The smallest absolute Gasteiger partial charge is 0.240 e. The second kappa shape index (κ2) is 6.59. The molecule has 0 aliphatic rings. The zero-order valence-electron chi connectivity index (χ0n) is 14.5. The molecule has 0 fully saturated rings. The van der Waals surface area contributed by atoms with Crippen molar-refractivity contribution in [3.63, 3.8) is 0 Å². The lowest BCUT2D eigenvalue weighted by molar-refractivity contribution is -0.121. The number of tetrazole rings is 1. The summed E-state index contributed by atoms with van der Waals surface area (Å²) in [6.45, 7) is 2.11. The van der Waals surface area contributed by atoms with E-state index in [4.69, 9.17) is 5.73 Å². The highest BCUT2D eigenvalue weighted by Gasteiger charge is 2.22. The molecule has 2 aromatic carbocycles.